The van der Waals surface area contributed by atoms with E-state index in [0.29, 0.717) is 25.0 Å². The van der Waals surface area contributed by atoms with Crippen LogP contribution in [0.2, 0.25) is 0 Å². The second-order valence-electron chi connectivity index (χ2n) is 9.04. The summed E-state index contributed by atoms with van der Waals surface area (Å²) >= 11 is 0. The highest BCUT2D eigenvalue weighted by molar-refractivity contribution is 5.84. The van der Waals surface area contributed by atoms with Gasteiger partial charge in [0.25, 0.3) is 0 Å². The molecule has 170 valence electrons. The van der Waals surface area contributed by atoms with Crippen LogP contribution in [0.5, 0.6) is 0 Å². The molecule has 1 saturated carbocycles. The van der Waals surface area contributed by atoms with Gasteiger partial charge >= 0.3 is 0 Å². The van der Waals surface area contributed by atoms with Gasteiger partial charge in [0, 0.05) is 38.3 Å². The Balaban J connectivity index is 1.33. The molecule has 9 heteroatoms. The molecule has 3 aliphatic rings. The van der Waals surface area contributed by atoms with Gasteiger partial charge in [-0.2, -0.15) is 9.67 Å². The van der Waals surface area contributed by atoms with E-state index < -0.39 is 0 Å². The molecule has 3 atom stereocenters. The first-order valence-corrected chi connectivity index (χ1v) is 11.6. The highest BCUT2D eigenvalue weighted by atomic mass is 16.5. The number of aliphatic imine (C=N–C) groups is 1. The summed E-state index contributed by atoms with van der Waals surface area (Å²) in [6.45, 7) is 6.84. The van der Waals surface area contributed by atoms with Crippen molar-refractivity contribution in [3.8, 4) is 5.82 Å². The summed E-state index contributed by atoms with van der Waals surface area (Å²) in [5.41, 5.74) is 3.28. The van der Waals surface area contributed by atoms with E-state index in [1.54, 1.807) is 0 Å². The van der Waals surface area contributed by atoms with Crippen molar-refractivity contribution < 1.29 is 4.74 Å². The number of anilines is 2. The average Bonchev–Trinajstić information content (AvgIpc) is 3.56. The molecule has 0 amide bonds. The molecule has 9 nitrogen and oxygen atoms in total. The number of para-hydroxylation sites is 2. The van der Waals surface area contributed by atoms with Crippen molar-refractivity contribution in [3.63, 3.8) is 0 Å². The van der Waals surface area contributed by atoms with Crippen LogP contribution in [0, 0.1) is 19.8 Å². The molecule has 0 bridgehead atoms. The first-order chi connectivity index (χ1) is 16.1. The van der Waals surface area contributed by atoms with Gasteiger partial charge in [-0.25, -0.2) is 9.97 Å². The Bertz CT molecular complexity index is 1210. The van der Waals surface area contributed by atoms with Crippen molar-refractivity contribution in [1.29, 1.82) is 0 Å². The van der Waals surface area contributed by atoms with E-state index in [9.17, 15) is 0 Å². The molecule has 1 aliphatic carbocycles. The Hall–Kier alpha value is -3.33. The van der Waals surface area contributed by atoms with Crippen molar-refractivity contribution in [2.45, 2.75) is 32.2 Å². The maximum Gasteiger partial charge on any atom is 0.227 e. The lowest BCUT2D eigenvalue weighted by molar-refractivity contribution is 0.122. The molecular weight excluding hydrogens is 416 g/mol. The summed E-state index contributed by atoms with van der Waals surface area (Å²) in [7, 11) is 2.16. The summed E-state index contributed by atoms with van der Waals surface area (Å²) in [6, 6.07) is 10.7. The monoisotopic (exact) mass is 444 g/mol. The molecule has 0 N–H and O–H groups in total. The first kappa shape index (κ1) is 20.3. The standard InChI is InChI=1S/C24H28N8O/c1-15-26-16(2)32(29-15)23-13-20(27-24(28-23)31-8-10-33-11-9-31)17-12-18(17)22-14-25-19-6-4-5-7-21(19)30(22)3/h4-7,13-14,17-18,22H,8-12H2,1-3H3/t17-,18-,22?/m0/s1. The number of morpholine rings is 1. The normalized spacial score (nSPS) is 24.2. The summed E-state index contributed by atoms with van der Waals surface area (Å²) in [4.78, 5) is 23.7. The zero-order chi connectivity index (χ0) is 22.5. The molecule has 2 fully saturated rings. The molecule has 33 heavy (non-hydrogen) atoms. The fourth-order valence-electron chi connectivity index (χ4n) is 5.00. The maximum absolute atomic E-state index is 5.54. The highest BCUT2D eigenvalue weighted by Crippen LogP contribution is 2.52. The van der Waals surface area contributed by atoms with Crippen molar-refractivity contribution in [1.82, 2.24) is 24.7 Å². The molecule has 1 unspecified atom stereocenters. The minimum Gasteiger partial charge on any atom is -0.378 e. The number of hydrogen-bond donors (Lipinski definition) is 0. The van der Waals surface area contributed by atoms with Crippen LogP contribution in [0.3, 0.4) is 0 Å². The number of rotatable bonds is 4. The van der Waals surface area contributed by atoms with Gasteiger partial charge < -0.3 is 14.5 Å². The van der Waals surface area contributed by atoms with Gasteiger partial charge in [0.1, 0.15) is 11.6 Å². The summed E-state index contributed by atoms with van der Waals surface area (Å²) < 4.78 is 7.37. The van der Waals surface area contributed by atoms with E-state index in [1.807, 2.05) is 24.6 Å². The van der Waals surface area contributed by atoms with Crippen LogP contribution in [0.4, 0.5) is 17.3 Å². The van der Waals surface area contributed by atoms with E-state index in [2.05, 4.69) is 57.4 Å². The van der Waals surface area contributed by atoms with Gasteiger partial charge in [0.05, 0.1) is 36.3 Å². The van der Waals surface area contributed by atoms with Crippen molar-refractivity contribution in [3.05, 3.63) is 47.7 Å². The van der Waals surface area contributed by atoms with E-state index in [-0.39, 0.29) is 6.04 Å². The van der Waals surface area contributed by atoms with E-state index in [4.69, 9.17) is 19.7 Å². The van der Waals surface area contributed by atoms with Crippen LogP contribution in [0.25, 0.3) is 5.82 Å². The number of ether oxygens (including phenoxy) is 1. The fraction of sp³-hybridized carbons (Fsp3) is 0.458. The Morgan fingerprint density at radius 3 is 2.64 bits per heavy atom. The third-order valence-electron chi connectivity index (χ3n) is 6.84. The predicted molar refractivity (Wildman–Crippen MR) is 127 cm³/mol. The Morgan fingerprint density at radius 2 is 1.85 bits per heavy atom. The van der Waals surface area contributed by atoms with Gasteiger partial charge in [-0.1, -0.05) is 12.1 Å². The van der Waals surface area contributed by atoms with E-state index in [1.165, 1.54) is 5.69 Å². The second kappa shape index (κ2) is 7.91. The number of nitrogens with zero attached hydrogens (tertiary/aromatic N) is 8. The lowest BCUT2D eigenvalue weighted by Crippen LogP contribution is -2.38. The van der Waals surface area contributed by atoms with Crippen LogP contribution in [0.1, 0.15) is 29.7 Å². The maximum atomic E-state index is 5.54. The topological polar surface area (TPSA) is 84.6 Å². The van der Waals surface area contributed by atoms with Gasteiger partial charge in [-0.15, -0.1) is 5.10 Å². The summed E-state index contributed by atoms with van der Waals surface area (Å²) in [5, 5.41) is 4.58. The first-order valence-electron chi connectivity index (χ1n) is 11.6. The average molecular weight is 445 g/mol. The number of aromatic nitrogens is 5. The van der Waals surface area contributed by atoms with E-state index >= 15 is 0 Å². The van der Waals surface area contributed by atoms with Gasteiger partial charge in [0.15, 0.2) is 5.82 Å². The van der Waals surface area contributed by atoms with Crippen LogP contribution in [0.15, 0.2) is 35.3 Å². The SMILES string of the molecule is Cc1nc(C)n(-c2cc([C@H]3C[C@@H]3C3C=Nc4ccccc4N3C)nc(N3CCOCC3)n2)n1. The molecule has 6 rings (SSSR count). The number of hydrogen-bond acceptors (Lipinski definition) is 8. The summed E-state index contributed by atoms with van der Waals surface area (Å²) in [6.07, 6.45) is 3.18. The lowest BCUT2D eigenvalue weighted by atomic mass is 10.1. The molecule has 0 spiro atoms. The predicted octanol–water partition coefficient (Wildman–Crippen LogP) is 2.84. The third kappa shape index (κ3) is 3.66. The van der Waals surface area contributed by atoms with Crippen molar-refractivity contribution >= 4 is 23.5 Å². The Morgan fingerprint density at radius 1 is 1.03 bits per heavy atom. The molecule has 2 aliphatic heterocycles. The Labute approximate surface area is 193 Å². The molecular formula is C24H28N8O. The molecule has 0 radical (unpaired) electrons. The third-order valence-corrected chi connectivity index (χ3v) is 6.84. The molecule has 3 aromatic rings. The van der Waals surface area contributed by atoms with Crippen molar-refractivity contribution in [2.75, 3.05) is 43.2 Å². The Kier molecular flexibility index (Phi) is 4.86. The van der Waals surface area contributed by atoms with E-state index in [0.717, 1.165) is 54.3 Å². The smallest absolute Gasteiger partial charge is 0.227 e. The van der Waals surface area contributed by atoms with Crippen LogP contribution in [-0.4, -0.2) is 70.3 Å². The molecule has 1 saturated heterocycles. The highest BCUT2D eigenvalue weighted by Gasteiger charge is 2.47. The minimum atomic E-state index is 0.255. The number of aryl methyl sites for hydroxylation is 2. The van der Waals surface area contributed by atoms with Crippen LogP contribution >= 0.6 is 0 Å². The molecule has 2 aromatic heterocycles. The zero-order valence-corrected chi connectivity index (χ0v) is 19.2. The zero-order valence-electron chi connectivity index (χ0n) is 19.2. The number of fused-ring (bicyclic) bond motifs is 1. The van der Waals surface area contributed by atoms with Gasteiger partial charge in [-0.05, 0) is 38.3 Å². The van der Waals surface area contributed by atoms with Crippen LogP contribution in [-0.2, 0) is 4.74 Å². The summed E-state index contributed by atoms with van der Waals surface area (Å²) in [5.74, 6) is 3.92. The second-order valence-corrected chi connectivity index (χ2v) is 9.04. The van der Waals surface area contributed by atoms with Gasteiger partial charge in [-0.3, -0.25) is 4.99 Å². The minimum absolute atomic E-state index is 0.255. The van der Waals surface area contributed by atoms with Crippen molar-refractivity contribution in [2.24, 2.45) is 10.9 Å². The fourth-order valence-corrected chi connectivity index (χ4v) is 5.00. The quantitative estimate of drug-likeness (QED) is 0.612. The number of benzene rings is 1. The van der Waals surface area contributed by atoms with Crippen LogP contribution < -0.4 is 9.80 Å². The van der Waals surface area contributed by atoms with Gasteiger partial charge in [0.2, 0.25) is 5.95 Å². The molecule has 1 aromatic carbocycles. The lowest BCUT2D eigenvalue weighted by Gasteiger charge is -2.32. The molecule has 4 heterocycles. The largest absolute Gasteiger partial charge is 0.378 e.